The monoisotopic (exact) mass is 432 g/mol. The number of aliphatic hydroxyl groups excluding tert-OH is 1. The number of unbranched alkanes of at least 4 members (excludes halogenated alkanes) is 15. The Morgan fingerprint density at radius 3 is 1.07 bits per heavy atom. The van der Waals surface area contributed by atoms with Crippen molar-refractivity contribution in [2.75, 3.05) is 6.61 Å². The molecular weight excluding hydrogens is 387 g/mol. The van der Waals surface area contributed by atoms with Crippen molar-refractivity contribution in [1.29, 1.82) is 0 Å². The smallest absolute Gasteiger partial charge is 0.396 e. The van der Waals surface area contributed by atoms with Crippen molar-refractivity contribution in [3.63, 3.8) is 0 Å². The van der Waals surface area contributed by atoms with Gasteiger partial charge in [-0.1, -0.05) is 103 Å². The third-order valence-corrected chi connectivity index (χ3v) is 4.01. The van der Waals surface area contributed by atoms with Crippen molar-refractivity contribution < 1.29 is 52.2 Å². The Balaban J connectivity index is -0.000000270. The first-order chi connectivity index (χ1) is 12.8. The summed E-state index contributed by atoms with van der Waals surface area (Å²) in [5.41, 5.74) is 0. The van der Waals surface area contributed by atoms with Crippen LogP contribution in [0.3, 0.4) is 0 Å². The Morgan fingerprint density at radius 2 is 0.893 bits per heavy atom. The molecule has 0 aliphatic carbocycles. The van der Waals surface area contributed by atoms with E-state index in [4.69, 9.17) is 22.6 Å². The number of hydrogen-bond donors (Lipinski definition) is 3. The molecule has 0 bridgehead atoms. The molecule has 0 aliphatic rings. The summed E-state index contributed by atoms with van der Waals surface area (Å²) in [5, 5.41) is 8.67. The first kappa shape index (κ1) is 35.9. The summed E-state index contributed by atoms with van der Waals surface area (Å²) in [6.45, 7) is 9.16. The minimum Gasteiger partial charge on any atom is -0.396 e. The van der Waals surface area contributed by atoms with Crippen LogP contribution in [0, 0.1) is 6.92 Å². The van der Waals surface area contributed by atoms with E-state index in [1.54, 1.807) is 0 Å². The summed E-state index contributed by atoms with van der Waals surface area (Å²) < 4.78 is 31.6. The summed E-state index contributed by atoms with van der Waals surface area (Å²) in [5.74, 6) is 0. The predicted molar refractivity (Wildman–Crippen MR) is 116 cm³/mol. The summed E-state index contributed by atoms with van der Waals surface area (Å²) in [6, 6.07) is 0. The molecule has 7 heteroatoms. The Morgan fingerprint density at radius 1 is 0.714 bits per heavy atom. The van der Waals surface area contributed by atoms with Gasteiger partial charge in [0.05, 0.1) is 0 Å². The van der Waals surface area contributed by atoms with Crippen LogP contribution in [0.15, 0.2) is 12.7 Å². The average molecular weight is 433 g/mol. The van der Waals surface area contributed by atoms with E-state index in [-0.39, 0.29) is 29.6 Å². The van der Waals surface area contributed by atoms with E-state index in [0.29, 0.717) is 6.61 Å². The van der Waals surface area contributed by atoms with Crippen molar-refractivity contribution in [1.82, 2.24) is 0 Å². The van der Waals surface area contributed by atoms with Crippen LogP contribution in [0.25, 0.3) is 0 Å². The van der Waals surface area contributed by atoms with E-state index < -0.39 is 10.4 Å². The average Bonchev–Trinajstić information content (AvgIpc) is 2.58. The summed E-state index contributed by atoms with van der Waals surface area (Å²) in [7, 11) is -4.67. The Kier molecular flexibility index (Phi) is 41.1. The van der Waals surface area contributed by atoms with Gasteiger partial charge in [0.25, 0.3) is 0 Å². The van der Waals surface area contributed by atoms with Gasteiger partial charge in [0.15, 0.2) is 0 Å². The van der Waals surface area contributed by atoms with Gasteiger partial charge in [-0.15, -0.1) is 0 Å². The molecule has 28 heavy (non-hydrogen) atoms. The molecule has 0 radical (unpaired) electrons. The van der Waals surface area contributed by atoms with E-state index in [9.17, 15) is 0 Å². The van der Waals surface area contributed by atoms with Gasteiger partial charge in [-0.25, -0.2) is 19.6 Å². The summed E-state index contributed by atoms with van der Waals surface area (Å²) >= 11 is 0. The van der Waals surface area contributed by atoms with Crippen molar-refractivity contribution >= 4 is 10.4 Å². The van der Waals surface area contributed by atoms with Gasteiger partial charge in [-0.2, -0.15) is 8.42 Å². The van der Waals surface area contributed by atoms with Gasteiger partial charge in [0.1, 0.15) is 0 Å². The largest absolute Gasteiger partial charge is 1.00 e. The van der Waals surface area contributed by atoms with Crippen molar-refractivity contribution in [3.8, 4) is 0 Å². The SMILES string of the molecule is C=C[CH2-].CCCCCCCCCCCCCCCCCCO.O=S(=O)(O)O.[Na+]. The Hall–Kier alpha value is 0.440. The second-order valence-electron chi connectivity index (χ2n) is 6.76. The number of allylic oxidation sites excluding steroid dienone is 1. The molecule has 0 saturated carbocycles. The van der Waals surface area contributed by atoms with E-state index in [1.807, 2.05) is 0 Å². The topological polar surface area (TPSA) is 94.8 Å². The zero-order valence-corrected chi connectivity index (χ0v) is 21.4. The van der Waals surface area contributed by atoms with Crippen LogP contribution in [0.5, 0.6) is 0 Å². The molecule has 0 fully saturated rings. The van der Waals surface area contributed by atoms with Gasteiger partial charge in [-0.05, 0) is 6.42 Å². The second-order valence-corrected chi connectivity index (χ2v) is 7.66. The van der Waals surface area contributed by atoms with Crippen LogP contribution >= 0.6 is 0 Å². The molecule has 0 aromatic heterocycles. The molecule has 0 aromatic rings. The van der Waals surface area contributed by atoms with E-state index in [1.165, 1.54) is 102 Å². The predicted octanol–water partition coefficient (Wildman–Crippen LogP) is 3.60. The van der Waals surface area contributed by atoms with Crippen LogP contribution in [0.2, 0.25) is 0 Å². The van der Waals surface area contributed by atoms with Crippen LogP contribution in [-0.4, -0.2) is 29.2 Å². The van der Waals surface area contributed by atoms with Crippen LogP contribution in [-0.2, 0) is 10.4 Å². The maximum Gasteiger partial charge on any atom is 1.00 e. The Labute approximate surface area is 197 Å². The van der Waals surface area contributed by atoms with Crippen molar-refractivity contribution in [3.05, 3.63) is 19.6 Å². The molecule has 0 aliphatic heterocycles. The molecule has 0 unspecified atom stereocenters. The zero-order chi connectivity index (χ0) is 21.2. The molecule has 5 nitrogen and oxygen atoms in total. The molecule has 0 saturated heterocycles. The fourth-order valence-electron chi connectivity index (χ4n) is 2.66. The molecule has 3 N–H and O–H groups in total. The van der Waals surface area contributed by atoms with E-state index in [2.05, 4.69) is 20.4 Å². The van der Waals surface area contributed by atoms with E-state index in [0.717, 1.165) is 6.42 Å². The number of aliphatic hydroxyl groups is 1. The maximum atomic E-state index is 8.74. The summed E-state index contributed by atoms with van der Waals surface area (Å²) in [6.07, 6.45) is 23.7. The molecule has 166 valence electrons. The quantitative estimate of drug-likeness (QED) is 0.150. The molecule has 0 rings (SSSR count). The fourth-order valence-corrected chi connectivity index (χ4v) is 2.66. The third kappa shape index (κ3) is 63.3. The standard InChI is InChI=1S/C18H38O.C3H5.Na.H2O4S/c1-2-3-4-5-6-7-8-9-10-11-12-13-14-15-16-17-18-19;1-3-2;;1-5(2,3)4/h19H,2-18H2,1H3;3H,1-2H2;;(H2,1,2,3,4)/q;-1;+1;. The molecule has 0 spiro atoms. The summed E-state index contributed by atoms with van der Waals surface area (Å²) in [4.78, 5) is 0. The molecular formula is C21H45NaO5S. The maximum absolute atomic E-state index is 8.74. The molecule has 0 amide bonds. The van der Waals surface area contributed by atoms with Crippen LogP contribution < -0.4 is 29.6 Å². The third-order valence-electron chi connectivity index (χ3n) is 4.01. The Bertz CT molecular complexity index is 338. The van der Waals surface area contributed by atoms with Gasteiger partial charge in [0.2, 0.25) is 0 Å². The second kappa shape index (κ2) is 32.1. The number of hydrogen-bond acceptors (Lipinski definition) is 3. The van der Waals surface area contributed by atoms with E-state index >= 15 is 0 Å². The minimum atomic E-state index is -4.67. The van der Waals surface area contributed by atoms with Crippen LogP contribution in [0.4, 0.5) is 0 Å². The van der Waals surface area contributed by atoms with Gasteiger partial charge < -0.3 is 5.11 Å². The van der Waals surface area contributed by atoms with Gasteiger partial charge in [-0.3, -0.25) is 9.11 Å². The zero-order valence-electron chi connectivity index (χ0n) is 18.6. The van der Waals surface area contributed by atoms with Crippen LogP contribution in [0.1, 0.15) is 110 Å². The first-order valence-corrected chi connectivity index (χ1v) is 11.9. The molecule has 0 heterocycles. The molecule has 0 atom stereocenters. The van der Waals surface area contributed by atoms with Gasteiger partial charge >= 0.3 is 40.0 Å². The minimum absolute atomic E-state index is 0. The van der Waals surface area contributed by atoms with Crippen molar-refractivity contribution in [2.45, 2.75) is 110 Å². The van der Waals surface area contributed by atoms with Gasteiger partial charge in [0, 0.05) is 6.61 Å². The normalized spacial score (nSPS) is 10.0. The van der Waals surface area contributed by atoms with Crippen molar-refractivity contribution in [2.24, 2.45) is 0 Å². The fraction of sp³-hybridized carbons (Fsp3) is 0.857. The molecule has 0 aromatic carbocycles. The first-order valence-electron chi connectivity index (χ1n) is 10.5. The number of rotatable bonds is 16.